The first-order chi connectivity index (χ1) is 11.0. The molecule has 2 N–H and O–H groups in total. The highest BCUT2D eigenvalue weighted by atomic mass is 35.5. The molecule has 0 aliphatic heterocycles. The monoisotopic (exact) mass is 340 g/mol. The average Bonchev–Trinajstić information content (AvgIpc) is 2.51. The van der Waals surface area contributed by atoms with E-state index in [1.165, 1.54) is 20.1 Å². The van der Waals surface area contributed by atoms with Gasteiger partial charge in [0.05, 0.1) is 18.7 Å². The van der Waals surface area contributed by atoms with Crippen molar-refractivity contribution in [2.45, 2.75) is 13.8 Å². The number of rotatable bonds is 8. The number of nitrogens with one attached hydrogen (secondary N) is 2. The summed E-state index contributed by atoms with van der Waals surface area (Å²) in [5.41, 5.74) is 0.715. The van der Waals surface area contributed by atoms with Gasteiger partial charge in [-0.15, -0.1) is 0 Å². The molecule has 0 spiro atoms. The van der Waals surface area contributed by atoms with Crippen LogP contribution in [0.25, 0.3) is 6.08 Å². The van der Waals surface area contributed by atoms with Crippen molar-refractivity contribution in [1.82, 2.24) is 10.6 Å². The van der Waals surface area contributed by atoms with Gasteiger partial charge in [-0.2, -0.15) is 0 Å². The largest absolute Gasteiger partial charge is 0.493 e. The van der Waals surface area contributed by atoms with Gasteiger partial charge in [0.15, 0.2) is 11.5 Å². The highest BCUT2D eigenvalue weighted by molar-refractivity contribution is 6.32. The number of benzene rings is 1. The molecule has 0 bridgehead atoms. The molecule has 6 nitrogen and oxygen atoms in total. The van der Waals surface area contributed by atoms with Crippen molar-refractivity contribution in [3.63, 3.8) is 0 Å². The van der Waals surface area contributed by atoms with Crippen LogP contribution in [0.3, 0.4) is 0 Å². The molecule has 0 saturated carbocycles. The lowest BCUT2D eigenvalue weighted by molar-refractivity contribution is -0.119. The third-order valence-electron chi connectivity index (χ3n) is 2.77. The zero-order chi connectivity index (χ0) is 17.2. The number of carbonyl (C=O) groups is 2. The van der Waals surface area contributed by atoms with Crippen molar-refractivity contribution in [1.29, 1.82) is 0 Å². The molecule has 0 radical (unpaired) electrons. The molecule has 2 amide bonds. The molecule has 0 fully saturated rings. The average molecular weight is 341 g/mol. The maximum atomic E-state index is 11.7. The Hall–Kier alpha value is -2.21. The van der Waals surface area contributed by atoms with E-state index in [9.17, 15) is 9.59 Å². The van der Waals surface area contributed by atoms with Gasteiger partial charge in [-0.1, -0.05) is 11.6 Å². The van der Waals surface area contributed by atoms with Gasteiger partial charge in [0.25, 0.3) is 0 Å². The molecule has 0 unspecified atom stereocenters. The lowest BCUT2D eigenvalue weighted by Gasteiger charge is -2.11. The highest BCUT2D eigenvalue weighted by Gasteiger charge is 2.10. The van der Waals surface area contributed by atoms with Crippen LogP contribution in [0.5, 0.6) is 11.5 Å². The number of ether oxygens (including phenoxy) is 2. The third-order valence-corrected chi connectivity index (χ3v) is 3.05. The van der Waals surface area contributed by atoms with Crippen molar-refractivity contribution in [2.24, 2.45) is 0 Å². The fourth-order valence-corrected chi connectivity index (χ4v) is 2.05. The lowest BCUT2D eigenvalue weighted by atomic mass is 10.2. The molecule has 0 aliphatic rings. The Labute approximate surface area is 140 Å². The minimum Gasteiger partial charge on any atom is -0.493 e. The molecule has 1 rings (SSSR count). The third kappa shape index (κ3) is 6.61. The summed E-state index contributed by atoms with van der Waals surface area (Å²) in [6.07, 6.45) is 3.01. The van der Waals surface area contributed by atoms with Gasteiger partial charge >= 0.3 is 0 Å². The second-order valence-corrected chi connectivity index (χ2v) is 4.98. The summed E-state index contributed by atoms with van der Waals surface area (Å²) >= 11 is 6.16. The summed E-state index contributed by atoms with van der Waals surface area (Å²) in [6.45, 7) is 4.50. The van der Waals surface area contributed by atoms with E-state index in [1.54, 1.807) is 18.2 Å². The number of hydrogen-bond acceptors (Lipinski definition) is 4. The van der Waals surface area contributed by atoms with E-state index >= 15 is 0 Å². The predicted molar refractivity (Wildman–Crippen MR) is 89.9 cm³/mol. The van der Waals surface area contributed by atoms with Gasteiger partial charge in [0, 0.05) is 26.1 Å². The Bertz CT molecular complexity index is 588. The molecule has 0 aromatic heterocycles. The van der Waals surface area contributed by atoms with E-state index in [0.717, 1.165) is 0 Å². The fraction of sp³-hybridized carbons (Fsp3) is 0.375. The zero-order valence-electron chi connectivity index (χ0n) is 13.4. The highest BCUT2D eigenvalue weighted by Crippen LogP contribution is 2.36. The smallest absolute Gasteiger partial charge is 0.244 e. The van der Waals surface area contributed by atoms with E-state index in [2.05, 4.69) is 10.6 Å². The first-order valence-electron chi connectivity index (χ1n) is 7.18. The van der Waals surface area contributed by atoms with Crippen molar-refractivity contribution in [3.05, 3.63) is 28.8 Å². The van der Waals surface area contributed by atoms with Gasteiger partial charge in [-0.05, 0) is 30.7 Å². The summed E-state index contributed by atoms with van der Waals surface area (Å²) < 4.78 is 10.7. The molecular weight excluding hydrogens is 320 g/mol. The second-order valence-electron chi connectivity index (χ2n) is 4.57. The van der Waals surface area contributed by atoms with Gasteiger partial charge in [-0.3, -0.25) is 9.59 Å². The molecule has 126 valence electrons. The normalized spacial score (nSPS) is 10.4. The standard InChI is InChI=1S/C16H21ClN2O4/c1-4-23-16-13(17)9-12(10-14(16)22-3)5-6-15(21)19-8-7-18-11(2)20/h5-6,9-10H,4,7-8H2,1-3H3,(H,18,20)(H,19,21)/b6-5+. The van der Waals surface area contributed by atoms with E-state index in [-0.39, 0.29) is 11.8 Å². The van der Waals surface area contributed by atoms with Crippen molar-refractivity contribution < 1.29 is 19.1 Å². The number of amides is 2. The van der Waals surface area contributed by atoms with Gasteiger partial charge in [-0.25, -0.2) is 0 Å². The van der Waals surface area contributed by atoms with Crippen LogP contribution in [-0.2, 0) is 9.59 Å². The van der Waals surface area contributed by atoms with E-state index in [0.29, 0.717) is 41.8 Å². The minimum absolute atomic E-state index is 0.133. The van der Waals surface area contributed by atoms with Gasteiger partial charge in [0.2, 0.25) is 11.8 Å². The number of carbonyl (C=O) groups excluding carboxylic acids is 2. The van der Waals surface area contributed by atoms with Crippen LogP contribution < -0.4 is 20.1 Å². The Morgan fingerprint density at radius 1 is 1.26 bits per heavy atom. The molecule has 0 atom stereocenters. The lowest BCUT2D eigenvalue weighted by Crippen LogP contribution is -2.32. The van der Waals surface area contributed by atoms with Crippen LogP contribution in [0.4, 0.5) is 0 Å². The second kappa shape index (κ2) is 9.74. The molecule has 7 heteroatoms. The van der Waals surface area contributed by atoms with Crippen LogP contribution in [0, 0.1) is 0 Å². The van der Waals surface area contributed by atoms with Crippen LogP contribution in [0.1, 0.15) is 19.4 Å². The molecule has 0 saturated heterocycles. The fourth-order valence-electron chi connectivity index (χ4n) is 1.78. The number of halogens is 1. The quantitative estimate of drug-likeness (QED) is 0.560. The molecule has 0 heterocycles. The molecule has 0 aliphatic carbocycles. The Balaban J connectivity index is 2.67. The summed E-state index contributed by atoms with van der Waals surface area (Å²) in [7, 11) is 1.52. The molecule has 23 heavy (non-hydrogen) atoms. The van der Waals surface area contributed by atoms with Crippen molar-refractivity contribution >= 4 is 29.5 Å². The van der Waals surface area contributed by atoms with Crippen LogP contribution in [-0.4, -0.2) is 38.6 Å². The van der Waals surface area contributed by atoms with E-state index in [4.69, 9.17) is 21.1 Å². The Morgan fingerprint density at radius 2 is 1.96 bits per heavy atom. The van der Waals surface area contributed by atoms with Gasteiger partial charge < -0.3 is 20.1 Å². The molecule has 1 aromatic rings. The summed E-state index contributed by atoms with van der Waals surface area (Å²) in [4.78, 5) is 22.4. The summed E-state index contributed by atoms with van der Waals surface area (Å²) in [5.74, 6) is 0.587. The molecular formula is C16H21ClN2O4. The van der Waals surface area contributed by atoms with Crippen LogP contribution in [0.2, 0.25) is 5.02 Å². The summed E-state index contributed by atoms with van der Waals surface area (Å²) in [5, 5.41) is 5.66. The summed E-state index contributed by atoms with van der Waals surface area (Å²) in [6, 6.07) is 3.42. The first kappa shape index (κ1) is 18.8. The van der Waals surface area contributed by atoms with E-state index < -0.39 is 0 Å². The Morgan fingerprint density at radius 3 is 2.57 bits per heavy atom. The Kier molecular flexibility index (Phi) is 7.97. The van der Waals surface area contributed by atoms with E-state index in [1.807, 2.05) is 6.92 Å². The first-order valence-corrected chi connectivity index (χ1v) is 7.56. The topological polar surface area (TPSA) is 76.7 Å². The maximum absolute atomic E-state index is 11.7. The number of methoxy groups -OCH3 is 1. The predicted octanol–water partition coefficient (Wildman–Crippen LogP) is 2.01. The van der Waals surface area contributed by atoms with Crippen LogP contribution in [0.15, 0.2) is 18.2 Å². The zero-order valence-corrected chi connectivity index (χ0v) is 14.2. The van der Waals surface area contributed by atoms with Crippen LogP contribution >= 0.6 is 11.6 Å². The van der Waals surface area contributed by atoms with Crippen molar-refractivity contribution in [2.75, 3.05) is 26.8 Å². The van der Waals surface area contributed by atoms with Gasteiger partial charge in [0.1, 0.15) is 0 Å². The maximum Gasteiger partial charge on any atom is 0.244 e. The number of hydrogen-bond donors (Lipinski definition) is 2. The van der Waals surface area contributed by atoms with Crippen molar-refractivity contribution in [3.8, 4) is 11.5 Å². The SMILES string of the molecule is CCOc1c(Cl)cc(/C=C/C(=O)NCCNC(C)=O)cc1OC. The minimum atomic E-state index is -0.265. The molecule has 1 aromatic carbocycles.